The normalized spacial score (nSPS) is 29.3. The van der Waals surface area contributed by atoms with Crippen LogP contribution in [-0.4, -0.2) is 19.9 Å². The van der Waals surface area contributed by atoms with Crippen LogP contribution >= 0.6 is 0 Å². The molecule has 1 N–H and O–H groups in total. The highest BCUT2D eigenvalue weighted by atomic mass is 19.1. The quantitative estimate of drug-likeness (QED) is 0.673. The summed E-state index contributed by atoms with van der Waals surface area (Å²) in [5, 5.41) is 2.84. The van der Waals surface area contributed by atoms with Crippen LogP contribution < -0.4 is 5.32 Å². The number of halogens is 2. The van der Waals surface area contributed by atoms with Gasteiger partial charge in [0.25, 0.3) is 0 Å². The van der Waals surface area contributed by atoms with E-state index < -0.39 is 12.8 Å². The van der Waals surface area contributed by atoms with Gasteiger partial charge in [0.2, 0.25) is 0 Å². The van der Waals surface area contributed by atoms with Crippen LogP contribution in [0.5, 0.6) is 0 Å². The fourth-order valence-electron chi connectivity index (χ4n) is 1.34. The van der Waals surface area contributed by atoms with Gasteiger partial charge in [-0.15, -0.1) is 0 Å². The Kier molecular flexibility index (Phi) is 2.84. The summed E-state index contributed by atoms with van der Waals surface area (Å²) < 4.78 is 25.4. The highest BCUT2D eigenvalue weighted by Crippen LogP contribution is 2.26. The van der Waals surface area contributed by atoms with Gasteiger partial charge >= 0.3 is 0 Å². The van der Waals surface area contributed by atoms with E-state index >= 15 is 0 Å². The molecule has 3 heteroatoms. The highest BCUT2D eigenvalue weighted by molar-refractivity contribution is 5.32. The van der Waals surface area contributed by atoms with Gasteiger partial charge in [-0.25, -0.2) is 8.78 Å². The molecular formula is C9H13F2N. The minimum atomic E-state index is -1.05. The van der Waals surface area contributed by atoms with Crippen molar-refractivity contribution >= 4 is 0 Å². The molecule has 0 bridgehead atoms. The standard InChI is InChI=1S/C9H13F2N/c1-6-7(5-10)9(12-2)4-3-8(6)11/h3-4,6,8,12H,5H2,1-2H3. The van der Waals surface area contributed by atoms with Crippen LogP contribution in [0.1, 0.15) is 6.92 Å². The summed E-state index contributed by atoms with van der Waals surface area (Å²) in [7, 11) is 1.71. The summed E-state index contributed by atoms with van der Waals surface area (Å²) in [4.78, 5) is 0. The van der Waals surface area contributed by atoms with Crippen molar-refractivity contribution in [3.8, 4) is 0 Å². The van der Waals surface area contributed by atoms with Crippen molar-refractivity contribution in [2.45, 2.75) is 13.1 Å². The Labute approximate surface area is 71.2 Å². The van der Waals surface area contributed by atoms with Gasteiger partial charge in [-0.1, -0.05) is 6.92 Å². The van der Waals surface area contributed by atoms with Gasteiger partial charge in [0, 0.05) is 18.7 Å². The summed E-state index contributed by atoms with van der Waals surface area (Å²) >= 11 is 0. The average molecular weight is 173 g/mol. The summed E-state index contributed by atoms with van der Waals surface area (Å²) in [6.07, 6.45) is 2.00. The predicted molar refractivity (Wildman–Crippen MR) is 45.3 cm³/mol. The molecule has 0 spiro atoms. The fourth-order valence-corrected chi connectivity index (χ4v) is 1.34. The second-order valence-corrected chi connectivity index (χ2v) is 2.91. The third-order valence-corrected chi connectivity index (χ3v) is 2.23. The van der Waals surface area contributed by atoms with E-state index in [1.54, 1.807) is 20.0 Å². The van der Waals surface area contributed by atoms with E-state index in [2.05, 4.69) is 5.32 Å². The van der Waals surface area contributed by atoms with Gasteiger partial charge in [0.15, 0.2) is 0 Å². The maximum absolute atomic E-state index is 13.0. The second-order valence-electron chi connectivity index (χ2n) is 2.91. The molecule has 12 heavy (non-hydrogen) atoms. The first-order valence-electron chi connectivity index (χ1n) is 3.99. The number of hydrogen-bond donors (Lipinski definition) is 1. The Morgan fingerprint density at radius 3 is 2.75 bits per heavy atom. The molecule has 0 aliphatic heterocycles. The van der Waals surface area contributed by atoms with Crippen LogP contribution in [-0.2, 0) is 0 Å². The van der Waals surface area contributed by atoms with Crippen molar-refractivity contribution in [3.05, 3.63) is 23.4 Å². The molecule has 1 aliphatic carbocycles. The van der Waals surface area contributed by atoms with Gasteiger partial charge in [0.05, 0.1) is 0 Å². The summed E-state index contributed by atoms with van der Waals surface area (Å²) in [5.74, 6) is -0.345. The van der Waals surface area contributed by atoms with Gasteiger partial charge in [-0.2, -0.15) is 0 Å². The fraction of sp³-hybridized carbons (Fsp3) is 0.556. The Hall–Kier alpha value is -0.860. The lowest BCUT2D eigenvalue weighted by molar-refractivity contribution is 0.307. The lowest BCUT2D eigenvalue weighted by atomic mass is 9.90. The maximum Gasteiger partial charge on any atom is 0.125 e. The number of hydrogen-bond acceptors (Lipinski definition) is 1. The molecule has 0 amide bonds. The zero-order valence-electron chi connectivity index (χ0n) is 7.27. The largest absolute Gasteiger partial charge is 0.388 e. The molecule has 0 fully saturated rings. The number of rotatable bonds is 2. The molecule has 0 saturated carbocycles. The lowest BCUT2D eigenvalue weighted by Crippen LogP contribution is -2.23. The molecule has 0 aromatic rings. The van der Waals surface area contributed by atoms with Gasteiger partial charge in [-0.3, -0.25) is 0 Å². The Morgan fingerprint density at radius 1 is 1.58 bits per heavy atom. The van der Waals surface area contributed by atoms with Crippen molar-refractivity contribution in [3.63, 3.8) is 0 Å². The average Bonchev–Trinajstić information content (AvgIpc) is 2.09. The van der Waals surface area contributed by atoms with Crippen molar-refractivity contribution in [2.75, 3.05) is 13.7 Å². The van der Waals surface area contributed by atoms with E-state index in [9.17, 15) is 8.78 Å². The predicted octanol–water partition coefficient (Wildman–Crippen LogP) is 1.97. The number of allylic oxidation sites excluding steroid dienone is 3. The van der Waals surface area contributed by atoms with E-state index in [-0.39, 0.29) is 5.92 Å². The monoisotopic (exact) mass is 173 g/mol. The van der Waals surface area contributed by atoms with Crippen molar-refractivity contribution in [1.82, 2.24) is 5.32 Å². The first kappa shape index (κ1) is 9.23. The molecule has 68 valence electrons. The third kappa shape index (κ3) is 1.49. The molecule has 0 heterocycles. The SMILES string of the molecule is CNC1=C(CF)C(C)C(F)C=C1. The van der Waals surface area contributed by atoms with Crippen LogP contribution in [0.4, 0.5) is 8.78 Å². The van der Waals surface area contributed by atoms with Crippen molar-refractivity contribution in [1.29, 1.82) is 0 Å². The second kappa shape index (κ2) is 3.70. The molecule has 1 nitrogen and oxygen atoms in total. The first-order valence-corrected chi connectivity index (χ1v) is 3.99. The van der Waals surface area contributed by atoms with E-state index in [1.807, 2.05) is 0 Å². The van der Waals surface area contributed by atoms with Crippen LogP contribution in [0, 0.1) is 5.92 Å². The number of nitrogens with one attached hydrogen (secondary N) is 1. The van der Waals surface area contributed by atoms with Crippen molar-refractivity contribution < 1.29 is 8.78 Å². The first-order chi connectivity index (χ1) is 5.70. The van der Waals surface area contributed by atoms with Crippen LogP contribution in [0.25, 0.3) is 0 Å². The van der Waals surface area contributed by atoms with E-state index in [4.69, 9.17) is 0 Å². The molecular weight excluding hydrogens is 160 g/mol. The molecule has 0 saturated heterocycles. The van der Waals surface area contributed by atoms with Gasteiger partial charge in [0.1, 0.15) is 12.8 Å². The maximum atomic E-state index is 13.0. The Balaban J connectivity index is 2.92. The van der Waals surface area contributed by atoms with E-state index in [1.165, 1.54) is 6.08 Å². The van der Waals surface area contributed by atoms with Crippen LogP contribution in [0.15, 0.2) is 23.4 Å². The van der Waals surface area contributed by atoms with Crippen LogP contribution in [0.2, 0.25) is 0 Å². The molecule has 1 aliphatic rings. The van der Waals surface area contributed by atoms with Gasteiger partial charge in [-0.05, 0) is 17.7 Å². The molecule has 2 atom stereocenters. The van der Waals surface area contributed by atoms with E-state index in [0.717, 1.165) is 0 Å². The zero-order chi connectivity index (χ0) is 9.14. The molecule has 1 rings (SSSR count). The smallest absolute Gasteiger partial charge is 0.125 e. The Bertz CT molecular complexity index is 221. The third-order valence-electron chi connectivity index (χ3n) is 2.23. The summed E-state index contributed by atoms with van der Waals surface area (Å²) in [5.41, 5.74) is 1.23. The highest BCUT2D eigenvalue weighted by Gasteiger charge is 2.23. The van der Waals surface area contributed by atoms with Gasteiger partial charge < -0.3 is 5.32 Å². The molecule has 2 unspecified atom stereocenters. The summed E-state index contributed by atoms with van der Waals surface area (Å²) in [6, 6.07) is 0. The number of alkyl halides is 2. The van der Waals surface area contributed by atoms with Crippen molar-refractivity contribution in [2.24, 2.45) is 5.92 Å². The minimum absolute atomic E-state index is 0.345. The lowest BCUT2D eigenvalue weighted by Gasteiger charge is -2.22. The van der Waals surface area contributed by atoms with Crippen LogP contribution in [0.3, 0.4) is 0 Å². The number of likely N-dealkylation sites (N-methyl/N-ethyl adjacent to an activating group) is 1. The van der Waals surface area contributed by atoms with E-state index in [0.29, 0.717) is 11.3 Å². The summed E-state index contributed by atoms with van der Waals surface area (Å²) in [6.45, 7) is 1.11. The molecule has 0 aromatic heterocycles. The Morgan fingerprint density at radius 2 is 2.25 bits per heavy atom. The molecule has 0 radical (unpaired) electrons. The topological polar surface area (TPSA) is 12.0 Å². The molecule has 0 aromatic carbocycles. The minimum Gasteiger partial charge on any atom is -0.388 e. The zero-order valence-corrected chi connectivity index (χ0v) is 7.27.